The molecule has 0 fully saturated rings. The Bertz CT molecular complexity index is 677. The summed E-state index contributed by atoms with van der Waals surface area (Å²) in [5.41, 5.74) is 0.757. The lowest BCUT2D eigenvalue weighted by molar-refractivity contribution is -0.120. The van der Waals surface area contributed by atoms with Crippen LogP contribution < -0.4 is 5.32 Å². The lowest BCUT2D eigenvalue weighted by Crippen LogP contribution is -2.39. The third-order valence-electron chi connectivity index (χ3n) is 3.26. The Morgan fingerprint density at radius 3 is 2.68 bits per heavy atom. The highest BCUT2D eigenvalue weighted by molar-refractivity contribution is 9.11. The van der Waals surface area contributed by atoms with Crippen LogP contribution in [-0.4, -0.2) is 23.9 Å². The molecular weight excluding hydrogens is 452 g/mol. The topological polar surface area (TPSA) is 32.3 Å². The summed E-state index contributed by atoms with van der Waals surface area (Å²) in [6.45, 7) is 2.57. The van der Waals surface area contributed by atoms with E-state index in [0.717, 1.165) is 23.8 Å². The SMILES string of the molecule is CC(C(=O)Nc1ccc(Br)cc1Br)N(C)Cc1ccc(Cl)s1. The molecule has 1 atom stereocenters. The molecule has 1 heterocycles. The van der Waals surface area contributed by atoms with Crippen LogP contribution in [0.3, 0.4) is 0 Å². The number of benzene rings is 1. The number of amides is 1. The summed E-state index contributed by atoms with van der Waals surface area (Å²) in [4.78, 5) is 15.5. The second-order valence-electron chi connectivity index (χ2n) is 4.91. The molecule has 0 aliphatic rings. The van der Waals surface area contributed by atoms with Crippen LogP contribution in [0.25, 0.3) is 0 Å². The first-order valence-corrected chi connectivity index (χ1v) is 9.35. The molecule has 0 bridgehead atoms. The molecule has 22 heavy (non-hydrogen) atoms. The normalized spacial score (nSPS) is 12.5. The molecule has 0 saturated carbocycles. The Morgan fingerprint density at radius 1 is 1.36 bits per heavy atom. The highest BCUT2D eigenvalue weighted by Gasteiger charge is 2.19. The summed E-state index contributed by atoms with van der Waals surface area (Å²) in [7, 11) is 1.93. The van der Waals surface area contributed by atoms with Gasteiger partial charge in [0.1, 0.15) is 0 Å². The Balaban J connectivity index is 1.98. The Kier molecular flexibility index (Phi) is 6.46. The monoisotopic (exact) mass is 464 g/mol. The van der Waals surface area contributed by atoms with Crippen molar-refractivity contribution in [2.24, 2.45) is 0 Å². The zero-order valence-electron chi connectivity index (χ0n) is 12.1. The van der Waals surface area contributed by atoms with Gasteiger partial charge >= 0.3 is 0 Å². The maximum atomic E-state index is 12.4. The summed E-state index contributed by atoms with van der Waals surface area (Å²) in [5, 5.41) is 2.94. The predicted molar refractivity (Wildman–Crippen MR) is 101 cm³/mol. The van der Waals surface area contributed by atoms with Crippen molar-refractivity contribution in [3.8, 4) is 0 Å². The quantitative estimate of drug-likeness (QED) is 0.641. The summed E-state index contributed by atoms with van der Waals surface area (Å²) in [5.74, 6) is -0.0480. The molecule has 0 radical (unpaired) electrons. The van der Waals surface area contributed by atoms with Gasteiger partial charge in [0.05, 0.1) is 16.1 Å². The third kappa shape index (κ3) is 4.80. The predicted octanol–water partition coefficient (Wildman–Crippen LogP) is 5.39. The van der Waals surface area contributed by atoms with E-state index < -0.39 is 0 Å². The molecular formula is C15H15Br2ClN2OS. The number of carbonyl (C=O) groups is 1. The van der Waals surface area contributed by atoms with E-state index in [0.29, 0.717) is 6.54 Å². The van der Waals surface area contributed by atoms with E-state index in [1.165, 1.54) is 11.3 Å². The van der Waals surface area contributed by atoms with Crippen molar-refractivity contribution in [2.75, 3.05) is 12.4 Å². The van der Waals surface area contributed by atoms with Crippen molar-refractivity contribution in [1.82, 2.24) is 4.90 Å². The van der Waals surface area contributed by atoms with Gasteiger partial charge in [-0.1, -0.05) is 27.5 Å². The number of hydrogen-bond donors (Lipinski definition) is 1. The highest BCUT2D eigenvalue weighted by Crippen LogP contribution is 2.27. The van der Waals surface area contributed by atoms with E-state index in [2.05, 4.69) is 37.2 Å². The van der Waals surface area contributed by atoms with Gasteiger partial charge in [-0.15, -0.1) is 11.3 Å². The molecule has 1 aromatic carbocycles. The van der Waals surface area contributed by atoms with Gasteiger partial charge in [-0.05, 0) is 60.2 Å². The number of nitrogens with zero attached hydrogens (tertiary/aromatic N) is 1. The van der Waals surface area contributed by atoms with E-state index in [4.69, 9.17) is 11.6 Å². The summed E-state index contributed by atoms with van der Waals surface area (Å²) in [6.07, 6.45) is 0. The highest BCUT2D eigenvalue weighted by atomic mass is 79.9. The second kappa shape index (κ2) is 7.93. The van der Waals surface area contributed by atoms with Gasteiger partial charge in [0, 0.05) is 20.4 Å². The zero-order chi connectivity index (χ0) is 16.3. The largest absolute Gasteiger partial charge is 0.324 e. The van der Waals surface area contributed by atoms with Gasteiger partial charge in [0.15, 0.2) is 0 Å². The fourth-order valence-electron chi connectivity index (χ4n) is 1.85. The van der Waals surface area contributed by atoms with E-state index in [1.54, 1.807) is 0 Å². The molecule has 7 heteroatoms. The molecule has 2 rings (SSSR count). The Labute approximate surface area is 155 Å². The lowest BCUT2D eigenvalue weighted by Gasteiger charge is -2.23. The van der Waals surface area contributed by atoms with Crippen molar-refractivity contribution in [3.05, 3.63) is 48.5 Å². The van der Waals surface area contributed by atoms with Crippen LogP contribution >= 0.6 is 54.8 Å². The number of nitrogens with one attached hydrogen (secondary N) is 1. The summed E-state index contributed by atoms with van der Waals surface area (Å²) in [6, 6.07) is 9.26. The van der Waals surface area contributed by atoms with Crippen LogP contribution in [0.2, 0.25) is 4.34 Å². The van der Waals surface area contributed by atoms with Gasteiger partial charge in [-0.25, -0.2) is 0 Å². The molecule has 0 spiro atoms. The smallest absolute Gasteiger partial charge is 0.241 e. The van der Waals surface area contributed by atoms with Crippen LogP contribution in [0.4, 0.5) is 5.69 Å². The molecule has 0 saturated heterocycles. The number of carbonyl (C=O) groups excluding carboxylic acids is 1. The van der Waals surface area contributed by atoms with E-state index in [-0.39, 0.29) is 11.9 Å². The molecule has 3 nitrogen and oxygen atoms in total. The molecule has 2 aromatic rings. The molecule has 1 amide bonds. The van der Waals surface area contributed by atoms with Gasteiger partial charge in [0.25, 0.3) is 0 Å². The minimum Gasteiger partial charge on any atom is -0.324 e. The minimum absolute atomic E-state index is 0.0480. The number of hydrogen-bond acceptors (Lipinski definition) is 3. The van der Waals surface area contributed by atoms with Crippen molar-refractivity contribution in [2.45, 2.75) is 19.5 Å². The minimum atomic E-state index is -0.253. The maximum absolute atomic E-state index is 12.4. The zero-order valence-corrected chi connectivity index (χ0v) is 16.8. The fourth-order valence-corrected chi connectivity index (χ4v) is 4.14. The molecule has 0 aliphatic heterocycles. The fraction of sp³-hybridized carbons (Fsp3) is 0.267. The standard InChI is InChI=1S/C15H15Br2ClN2OS/c1-9(20(2)8-11-4-6-14(18)22-11)15(21)19-13-5-3-10(16)7-12(13)17/h3-7,9H,8H2,1-2H3,(H,19,21). The van der Waals surface area contributed by atoms with E-state index in [9.17, 15) is 4.79 Å². The first-order chi connectivity index (χ1) is 10.4. The van der Waals surface area contributed by atoms with Crippen LogP contribution in [0.15, 0.2) is 39.3 Å². The Hall–Kier alpha value is -0.400. The second-order valence-corrected chi connectivity index (χ2v) is 8.48. The number of thiophene rings is 1. The molecule has 0 aliphatic carbocycles. The van der Waals surface area contributed by atoms with Gasteiger partial charge in [-0.2, -0.15) is 0 Å². The molecule has 1 N–H and O–H groups in total. The number of halogens is 3. The summed E-state index contributed by atoms with van der Waals surface area (Å²) < 4.78 is 2.56. The van der Waals surface area contributed by atoms with Crippen LogP contribution in [0, 0.1) is 0 Å². The third-order valence-corrected chi connectivity index (χ3v) is 5.63. The number of likely N-dealkylation sites (N-methyl/N-ethyl adjacent to an activating group) is 1. The van der Waals surface area contributed by atoms with E-state index >= 15 is 0 Å². The Morgan fingerprint density at radius 2 is 2.09 bits per heavy atom. The van der Waals surface area contributed by atoms with Crippen molar-refractivity contribution in [1.29, 1.82) is 0 Å². The average molecular weight is 467 g/mol. The lowest BCUT2D eigenvalue weighted by atomic mass is 10.2. The van der Waals surface area contributed by atoms with Crippen LogP contribution in [0.5, 0.6) is 0 Å². The molecule has 1 unspecified atom stereocenters. The average Bonchev–Trinajstić information content (AvgIpc) is 2.86. The van der Waals surface area contributed by atoms with Crippen LogP contribution in [0.1, 0.15) is 11.8 Å². The van der Waals surface area contributed by atoms with Gasteiger partial charge in [-0.3, -0.25) is 9.69 Å². The van der Waals surface area contributed by atoms with Crippen molar-refractivity contribution in [3.63, 3.8) is 0 Å². The molecule has 118 valence electrons. The first-order valence-electron chi connectivity index (χ1n) is 6.57. The van der Waals surface area contributed by atoms with Gasteiger partial charge < -0.3 is 5.32 Å². The van der Waals surface area contributed by atoms with Crippen molar-refractivity contribution < 1.29 is 4.79 Å². The molecule has 1 aromatic heterocycles. The van der Waals surface area contributed by atoms with E-state index in [1.807, 2.05) is 49.2 Å². The first kappa shape index (κ1) is 17.9. The number of anilines is 1. The summed E-state index contributed by atoms with van der Waals surface area (Å²) >= 11 is 14.3. The maximum Gasteiger partial charge on any atom is 0.241 e. The van der Waals surface area contributed by atoms with Gasteiger partial charge in [0.2, 0.25) is 5.91 Å². The van der Waals surface area contributed by atoms with Crippen molar-refractivity contribution >= 4 is 66.4 Å². The van der Waals surface area contributed by atoms with Crippen LogP contribution in [-0.2, 0) is 11.3 Å². The number of rotatable bonds is 5.